The number of aryl methyl sites for hydroxylation is 1. The summed E-state index contributed by atoms with van der Waals surface area (Å²) in [6, 6.07) is 5.98. The van der Waals surface area contributed by atoms with Gasteiger partial charge in [0.1, 0.15) is 12.4 Å². The number of imidazole rings is 1. The molecule has 0 atom stereocenters. The molecule has 0 unspecified atom stereocenters. The second kappa shape index (κ2) is 5.25. The van der Waals surface area contributed by atoms with Gasteiger partial charge in [-0.25, -0.2) is 4.98 Å². The van der Waals surface area contributed by atoms with Gasteiger partial charge in [-0.15, -0.1) is 0 Å². The number of nitrogens with zero attached hydrogens (tertiary/aromatic N) is 3. The zero-order chi connectivity index (χ0) is 14.1. The summed E-state index contributed by atoms with van der Waals surface area (Å²) in [5.41, 5.74) is 2.94. The lowest BCUT2D eigenvalue weighted by molar-refractivity contribution is -0.137. The average Bonchev–Trinajstić information content (AvgIpc) is 2.98. The van der Waals surface area contributed by atoms with Crippen LogP contribution in [-0.2, 0) is 17.9 Å². The minimum atomic E-state index is -0.826. The van der Waals surface area contributed by atoms with Crippen molar-refractivity contribution in [1.82, 2.24) is 14.5 Å². The van der Waals surface area contributed by atoms with Crippen LogP contribution in [0, 0.1) is 6.92 Å². The SMILES string of the molecule is Cc1ccc2c(c1)nc(CN1CCCC1)n2CC(=O)O. The van der Waals surface area contributed by atoms with Gasteiger partial charge in [-0.05, 0) is 50.6 Å². The van der Waals surface area contributed by atoms with Gasteiger partial charge in [0.25, 0.3) is 0 Å². The Hall–Kier alpha value is -1.88. The largest absolute Gasteiger partial charge is 0.480 e. The molecule has 5 nitrogen and oxygen atoms in total. The number of carboxylic acid groups (broad SMARTS) is 1. The van der Waals surface area contributed by atoms with E-state index in [1.165, 1.54) is 12.8 Å². The van der Waals surface area contributed by atoms with Crippen LogP contribution in [0.5, 0.6) is 0 Å². The molecule has 1 aromatic carbocycles. The number of aliphatic carboxylic acids is 1. The smallest absolute Gasteiger partial charge is 0.323 e. The first-order valence-electron chi connectivity index (χ1n) is 7.03. The van der Waals surface area contributed by atoms with Gasteiger partial charge in [0.2, 0.25) is 0 Å². The fourth-order valence-corrected chi connectivity index (χ4v) is 2.86. The summed E-state index contributed by atoms with van der Waals surface area (Å²) in [5.74, 6) is 0.0300. The highest BCUT2D eigenvalue weighted by Crippen LogP contribution is 2.20. The monoisotopic (exact) mass is 273 g/mol. The van der Waals surface area contributed by atoms with Crippen molar-refractivity contribution in [3.63, 3.8) is 0 Å². The van der Waals surface area contributed by atoms with Gasteiger partial charge in [0.05, 0.1) is 17.6 Å². The zero-order valence-corrected chi connectivity index (χ0v) is 11.7. The molecule has 0 radical (unpaired) electrons. The van der Waals surface area contributed by atoms with Crippen LogP contribution in [0.25, 0.3) is 11.0 Å². The number of carboxylic acids is 1. The Bertz CT molecular complexity index is 642. The molecule has 20 heavy (non-hydrogen) atoms. The first kappa shape index (κ1) is 13.1. The molecule has 2 heterocycles. The van der Waals surface area contributed by atoms with Crippen molar-refractivity contribution in [2.24, 2.45) is 0 Å². The number of fused-ring (bicyclic) bond motifs is 1. The molecule has 1 N–H and O–H groups in total. The highest BCUT2D eigenvalue weighted by Gasteiger charge is 2.18. The van der Waals surface area contributed by atoms with E-state index in [-0.39, 0.29) is 6.54 Å². The number of aromatic nitrogens is 2. The number of hydrogen-bond acceptors (Lipinski definition) is 3. The van der Waals surface area contributed by atoms with E-state index in [4.69, 9.17) is 5.11 Å². The molecule has 5 heteroatoms. The Morgan fingerprint density at radius 2 is 2.10 bits per heavy atom. The normalized spacial score (nSPS) is 16.1. The molecule has 1 saturated heterocycles. The van der Waals surface area contributed by atoms with E-state index in [1.807, 2.05) is 29.7 Å². The molecule has 3 rings (SSSR count). The lowest BCUT2D eigenvalue weighted by Gasteiger charge is -2.14. The number of hydrogen-bond donors (Lipinski definition) is 1. The topological polar surface area (TPSA) is 58.4 Å². The summed E-state index contributed by atoms with van der Waals surface area (Å²) in [6.07, 6.45) is 2.44. The predicted octanol–water partition coefficient (Wildman–Crippen LogP) is 2.03. The third-order valence-electron chi connectivity index (χ3n) is 3.84. The second-order valence-corrected chi connectivity index (χ2v) is 5.48. The minimum absolute atomic E-state index is 0.0251. The molecule has 1 aromatic heterocycles. The van der Waals surface area contributed by atoms with E-state index in [1.54, 1.807) is 0 Å². The van der Waals surface area contributed by atoms with Crippen LogP contribution in [0.4, 0.5) is 0 Å². The van der Waals surface area contributed by atoms with Gasteiger partial charge >= 0.3 is 5.97 Å². The van der Waals surface area contributed by atoms with E-state index in [0.29, 0.717) is 0 Å². The number of carbonyl (C=O) groups is 1. The summed E-state index contributed by atoms with van der Waals surface area (Å²) in [5, 5.41) is 9.12. The maximum atomic E-state index is 11.1. The third-order valence-corrected chi connectivity index (χ3v) is 3.84. The molecular weight excluding hydrogens is 254 g/mol. The molecular formula is C15H19N3O2. The minimum Gasteiger partial charge on any atom is -0.480 e. The summed E-state index contributed by atoms with van der Waals surface area (Å²) >= 11 is 0. The Morgan fingerprint density at radius 1 is 1.35 bits per heavy atom. The van der Waals surface area contributed by atoms with E-state index in [2.05, 4.69) is 9.88 Å². The van der Waals surface area contributed by atoms with Crippen molar-refractivity contribution in [2.45, 2.75) is 32.9 Å². The van der Waals surface area contributed by atoms with Crippen LogP contribution < -0.4 is 0 Å². The lowest BCUT2D eigenvalue weighted by Crippen LogP contribution is -2.22. The molecule has 1 aliphatic heterocycles. The molecule has 0 aliphatic carbocycles. The average molecular weight is 273 g/mol. The van der Waals surface area contributed by atoms with Gasteiger partial charge in [0.15, 0.2) is 0 Å². The van der Waals surface area contributed by atoms with Crippen molar-refractivity contribution >= 4 is 17.0 Å². The highest BCUT2D eigenvalue weighted by molar-refractivity contribution is 5.79. The van der Waals surface area contributed by atoms with Crippen LogP contribution in [0.3, 0.4) is 0 Å². The molecule has 0 amide bonds. The van der Waals surface area contributed by atoms with Gasteiger partial charge < -0.3 is 9.67 Å². The fraction of sp³-hybridized carbons (Fsp3) is 0.467. The van der Waals surface area contributed by atoms with Crippen molar-refractivity contribution < 1.29 is 9.90 Å². The van der Waals surface area contributed by atoms with Gasteiger partial charge in [-0.3, -0.25) is 9.69 Å². The van der Waals surface area contributed by atoms with Crippen LogP contribution in [0.2, 0.25) is 0 Å². The maximum absolute atomic E-state index is 11.1. The molecule has 2 aromatic rings. The van der Waals surface area contributed by atoms with Crippen LogP contribution in [0.15, 0.2) is 18.2 Å². The van der Waals surface area contributed by atoms with E-state index in [9.17, 15) is 4.79 Å². The molecule has 0 bridgehead atoms. The number of benzene rings is 1. The van der Waals surface area contributed by atoms with E-state index in [0.717, 1.165) is 42.1 Å². The first-order chi connectivity index (χ1) is 9.63. The Morgan fingerprint density at radius 3 is 2.80 bits per heavy atom. The maximum Gasteiger partial charge on any atom is 0.323 e. The van der Waals surface area contributed by atoms with Crippen LogP contribution in [0.1, 0.15) is 24.2 Å². The van der Waals surface area contributed by atoms with Gasteiger partial charge in [-0.1, -0.05) is 6.07 Å². The van der Waals surface area contributed by atoms with Gasteiger partial charge in [-0.2, -0.15) is 0 Å². The Kier molecular flexibility index (Phi) is 3.44. The number of likely N-dealkylation sites (tertiary alicyclic amines) is 1. The van der Waals surface area contributed by atoms with Crippen molar-refractivity contribution in [2.75, 3.05) is 13.1 Å². The molecule has 1 fully saturated rings. The first-order valence-corrected chi connectivity index (χ1v) is 7.03. The van der Waals surface area contributed by atoms with Gasteiger partial charge in [0, 0.05) is 0 Å². The highest BCUT2D eigenvalue weighted by atomic mass is 16.4. The third kappa shape index (κ3) is 2.54. The molecule has 0 spiro atoms. The molecule has 1 aliphatic rings. The van der Waals surface area contributed by atoms with Crippen molar-refractivity contribution in [3.05, 3.63) is 29.6 Å². The van der Waals surface area contributed by atoms with Crippen molar-refractivity contribution in [1.29, 1.82) is 0 Å². The van der Waals surface area contributed by atoms with Crippen molar-refractivity contribution in [3.8, 4) is 0 Å². The van der Waals surface area contributed by atoms with E-state index >= 15 is 0 Å². The molecule has 106 valence electrons. The second-order valence-electron chi connectivity index (χ2n) is 5.48. The standard InChI is InChI=1S/C15H19N3O2/c1-11-4-5-13-12(8-11)16-14(18(13)10-15(19)20)9-17-6-2-3-7-17/h4-5,8H,2-3,6-7,9-10H2,1H3,(H,19,20). The Balaban J connectivity index is 2.01. The Labute approximate surface area is 117 Å². The summed E-state index contributed by atoms with van der Waals surface area (Å²) in [7, 11) is 0. The zero-order valence-electron chi connectivity index (χ0n) is 11.7. The summed E-state index contributed by atoms with van der Waals surface area (Å²) < 4.78 is 1.83. The number of rotatable bonds is 4. The molecule has 0 saturated carbocycles. The van der Waals surface area contributed by atoms with E-state index < -0.39 is 5.97 Å². The summed E-state index contributed by atoms with van der Waals surface area (Å²) in [4.78, 5) is 18.1. The van der Waals surface area contributed by atoms with Crippen LogP contribution >= 0.6 is 0 Å². The lowest BCUT2D eigenvalue weighted by atomic mass is 10.2. The quantitative estimate of drug-likeness (QED) is 0.926. The summed E-state index contributed by atoms with van der Waals surface area (Å²) in [6.45, 7) is 4.89. The fourth-order valence-electron chi connectivity index (χ4n) is 2.86. The van der Waals surface area contributed by atoms with Crippen LogP contribution in [-0.4, -0.2) is 38.6 Å². The predicted molar refractivity (Wildman–Crippen MR) is 76.6 cm³/mol.